The lowest BCUT2D eigenvalue weighted by molar-refractivity contribution is -0.137. The maximum absolute atomic E-state index is 12.4. The number of nitrogens with zero attached hydrogens (tertiary/aromatic N) is 1. The van der Waals surface area contributed by atoms with Crippen molar-refractivity contribution in [2.45, 2.75) is 26.7 Å². The second kappa shape index (κ2) is 9.37. The van der Waals surface area contributed by atoms with Gasteiger partial charge in [0.2, 0.25) is 0 Å². The third-order valence-corrected chi connectivity index (χ3v) is 4.85. The maximum Gasteiger partial charge on any atom is 0.323 e. The molecule has 0 atom stereocenters. The van der Waals surface area contributed by atoms with Crippen LogP contribution in [0, 0.1) is 6.92 Å². The van der Waals surface area contributed by atoms with Crippen LogP contribution in [0.3, 0.4) is 0 Å². The fourth-order valence-corrected chi connectivity index (χ4v) is 3.49. The minimum absolute atomic E-state index is 0.143. The van der Waals surface area contributed by atoms with Crippen molar-refractivity contribution in [1.29, 1.82) is 0 Å². The number of halogens is 2. The molecule has 1 amide bonds. The Hall–Kier alpha value is -2.44. The number of methoxy groups -OCH3 is 1. The van der Waals surface area contributed by atoms with E-state index in [0.717, 1.165) is 21.8 Å². The normalized spacial score (nSPS) is 10.8. The van der Waals surface area contributed by atoms with E-state index in [-0.39, 0.29) is 27.3 Å². The molecule has 0 aliphatic heterocycles. The molecular formula is C21H23Cl2NO5. The molecule has 6 nitrogen and oxygen atoms in total. The van der Waals surface area contributed by atoms with Crippen LogP contribution in [0.25, 0.3) is 0 Å². The second-order valence-corrected chi connectivity index (χ2v) is 7.76. The first-order valence-corrected chi connectivity index (χ1v) is 9.63. The lowest BCUT2D eigenvalue weighted by Crippen LogP contribution is -2.31. The Morgan fingerprint density at radius 1 is 1.10 bits per heavy atom. The fraction of sp³-hybridized carbons (Fsp3) is 0.333. The summed E-state index contributed by atoms with van der Waals surface area (Å²) in [5, 5.41) is 9.13. The van der Waals surface area contributed by atoms with Gasteiger partial charge in [0.15, 0.2) is 5.75 Å². The van der Waals surface area contributed by atoms with Crippen molar-refractivity contribution < 1.29 is 24.2 Å². The number of amides is 1. The molecule has 0 saturated carbocycles. The SMILES string of the molecule is COc1c(C)cc(Oc2c(Cl)cc(C(=O)N(C)CC(=O)O)cc2Cl)cc1C(C)C. The van der Waals surface area contributed by atoms with Crippen molar-refractivity contribution in [3.05, 3.63) is 51.0 Å². The van der Waals surface area contributed by atoms with Gasteiger partial charge in [-0.2, -0.15) is 0 Å². The van der Waals surface area contributed by atoms with Gasteiger partial charge in [-0.05, 0) is 42.7 Å². The summed E-state index contributed by atoms with van der Waals surface area (Å²) in [6.45, 7) is 5.58. The second-order valence-electron chi connectivity index (χ2n) is 6.94. The van der Waals surface area contributed by atoms with Gasteiger partial charge in [-0.25, -0.2) is 0 Å². The van der Waals surface area contributed by atoms with Gasteiger partial charge in [0, 0.05) is 18.2 Å². The van der Waals surface area contributed by atoms with Crippen LogP contribution in [-0.4, -0.2) is 42.6 Å². The van der Waals surface area contributed by atoms with Crippen LogP contribution in [0.1, 0.15) is 41.3 Å². The molecule has 2 rings (SSSR count). The smallest absolute Gasteiger partial charge is 0.323 e. The lowest BCUT2D eigenvalue weighted by atomic mass is 9.99. The standard InChI is InChI=1S/C21H23Cl2NO5/c1-11(2)15-9-14(6-12(3)19(15)28-5)29-20-16(22)7-13(8-17(20)23)21(27)24(4)10-18(25)26/h6-9,11H,10H2,1-5H3,(H,25,26). The number of carboxylic acid groups (broad SMARTS) is 1. The van der Waals surface area contributed by atoms with Crippen molar-refractivity contribution in [2.24, 2.45) is 0 Å². The van der Waals surface area contributed by atoms with Gasteiger partial charge in [0.1, 0.15) is 18.0 Å². The summed E-state index contributed by atoms with van der Waals surface area (Å²) in [6, 6.07) is 6.49. The molecule has 156 valence electrons. The average molecular weight is 440 g/mol. The molecule has 0 unspecified atom stereocenters. The van der Waals surface area contributed by atoms with Crippen LogP contribution in [0.5, 0.6) is 17.2 Å². The molecule has 1 N–H and O–H groups in total. The highest BCUT2D eigenvalue weighted by molar-refractivity contribution is 6.37. The van der Waals surface area contributed by atoms with Crippen molar-refractivity contribution in [3.8, 4) is 17.2 Å². The van der Waals surface area contributed by atoms with Gasteiger partial charge in [0.25, 0.3) is 5.91 Å². The quantitative estimate of drug-likeness (QED) is 0.626. The summed E-state index contributed by atoms with van der Waals surface area (Å²) in [5.41, 5.74) is 2.06. The Kier molecular flexibility index (Phi) is 7.38. The van der Waals surface area contributed by atoms with Gasteiger partial charge >= 0.3 is 5.97 Å². The molecule has 0 fully saturated rings. The zero-order chi connectivity index (χ0) is 21.9. The highest BCUT2D eigenvalue weighted by Gasteiger charge is 2.20. The summed E-state index contributed by atoms with van der Waals surface area (Å²) in [5.74, 6) is 0.136. The van der Waals surface area contributed by atoms with Gasteiger partial charge in [0.05, 0.1) is 17.2 Å². The molecule has 29 heavy (non-hydrogen) atoms. The average Bonchev–Trinajstić information content (AvgIpc) is 2.62. The van der Waals surface area contributed by atoms with Crippen molar-refractivity contribution in [1.82, 2.24) is 4.90 Å². The Labute approximate surface area is 179 Å². The number of carbonyl (C=O) groups excluding carboxylic acids is 1. The number of aliphatic carboxylic acids is 1. The molecule has 2 aromatic rings. The molecule has 0 aliphatic carbocycles. The topological polar surface area (TPSA) is 76.1 Å². The maximum atomic E-state index is 12.4. The third-order valence-electron chi connectivity index (χ3n) is 4.29. The zero-order valence-corrected chi connectivity index (χ0v) is 18.4. The van der Waals surface area contributed by atoms with E-state index in [1.807, 2.05) is 19.1 Å². The van der Waals surface area contributed by atoms with Gasteiger partial charge in [-0.3, -0.25) is 9.59 Å². The molecule has 0 bridgehead atoms. The molecule has 0 aliphatic rings. The number of likely N-dealkylation sites (N-methyl/N-ethyl adjacent to an activating group) is 1. The molecule has 0 aromatic heterocycles. The van der Waals surface area contributed by atoms with E-state index in [0.29, 0.717) is 5.75 Å². The Bertz CT molecular complexity index is 920. The number of benzene rings is 2. The first kappa shape index (κ1) is 22.8. The molecule has 0 heterocycles. The minimum atomic E-state index is -1.12. The molecular weight excluding hydrogens is 417 g/mol. The van der Waals surface area contributed by atoms with Gasteiger partial charge in [-0.15, -0.1) is 0 Å². The highest BCUT2D eigenvalue weighted by Crippen LogP contribution is 2.40. The molecule has 0 spiro atoms. The molecule has 2 aromatic carbocycles. The van der Waals surface area contributed by atoms with Crippen molar-refractivity contribution in [3.63, 3.8) is 0 Å². The number of carbonyl (C=O) groups is 2. The number of hydrogen-bond donors (Lipinski definition) is 1. The monoisotopic (exact) mass is 439 g/mol. The largest absolute Gasteiger partial charge is 0.496 e. The first-order chi connectivity index (χ1) is 13.5. The van der Waals surface area contributed by atoms with E-state index >= 15 is 0 Å². The number of ether oxygens (including phenoxy) is 2. The Morgan fingerprint density at radius 3 is 2.17 bits per heavy atom. The third kappa shape index (κ3) is 5.34. The molecule has 8 heteroatoms. The van der Waals surface area contributed by atoms with E-state index < -0.39 is 18.4 Å². The summed E-state index contributed by atoms with van der Waals surface area (Å²) in [7, 11) is 3.01. The van der Waals surface area contributed by atoms with Gasteiger partial charge < -0.3 is 19.5 Å². The van der Waals surface area contributed by atoms with Crippen molar-refractivity contribution in [2.75, 3.05) is 20.7 Å². The van der Waals surface area contributed by atoms with E-state index in [2.05, 4.69) is 13.8 Å². The first-order valence-electron chi connectivity index (χ1n) is 8.87. The zero-order valence-electron chi connectivity index (χ0n) is 16.9. The van der Waals surface area contributed by atoms with E-state index in [4.69, 9.17) is 37.8 Å². The molecule has 0 radical (unpaired) electrons. The predicted octanol–water partition coefficient (Wildman–Crippen LogP) is 5.38. The van der Waals surface area contributed by atoms with Crippen LogP contribution >= 0.6 is 23.2 Å². The number of hydrogen-bond acceptors (Lipinski definition) is 4. The van der Waals surface area contributed by atoms with E-state index in [1.54, 1.807) is 7.11 Å². The van der Waals surface area contributed by atoms with Crippen LogP contribution < -0.4 is 9.47 Å². The Morgan fingerprint density at radius 2 is 1.69 bits per heavy atom. The minimum Gasteiger partial charge on any atom is -0.496 e. The summed E-state index contributed by atoms with van der Waals surface area (Å²) in [4.78, 5) is 24.3. The van der Waals surface area contributed by atoms with E-state index in [9.17, 15) is 9.59 Å². The lowest BCUT2D eigenvalue weighted by Gasteiger charge is -2.18. The summed E-state index contributed by atoms with van der Waals surface area (Å²) in [6.07, 6.45) is 0. The van der Waals surface area contributed by atoms with Crippen LogP contribution in [-0.2, 0) is 4.79 Å². The molecule has 0 saturated heterocycles. The van der Waals surface area contributed by atoms with Crippen LogP contribution in [0.4, 0.5) is 0 Å². The fourth-order valence-electron chi connectivity index (χ4n) is 2.93. The van der Waals surface area contributed by atoms with Crippen LogP contribution in [0.15, 0.2) is 24.3 Å². The van der Waals surface area contributed by atoms with Crippen LogP contribution in [0.2, 0.25) is 10.0 Å². The van der Waals surface area contributed by atoms with E-state index in [1.165, 1.54) is 19.2 Å². The number of carboxylic acids is 1. The number of aryl methyl sites for hydroxylation is 1. The predicted molar refractivity (Wildman–Crippen MR) is 113 cm³/mol. The summed E-state index contributed by atoms with van der Waals surface area (Å²) >= 11 is 12.6. The van der Waals surface area contributed by atoms with Crippen molar-refractivity contribution >= 4 is 35.1 Å². The highest BCUT2D eigenvalue weighted by atomic mass is 35.5. The Balaban J connectivity index is 2.38. The number of rotatable bonds is 7. The summed E-state index contributed by atoms with van der Waals surface area (Å²) < 4.78 is 11.4. The van der Waals surface area contributed by atoms with Gasteiger partial charge in [-0.1, -0.05) is 37.0 Å².